The number of methoxy groups -OCH3 is 1. The van der Waals surface area contributed by atoms with E-state index in [2.05, 4.69) is 11.4 Å². The Morgan fingerprint density at radius 2 is 2.31 bits per heavy atom. The number of benzene rings is 1. The monoisotopic (exact) mass is 220 g/mol. The number of ether oxygens (including phenoxy) is 1. The van der Waals surface area contributed by atoms with Crippen LogP contribution in [0.4, 0.5) is 4.39 Å². The van der Waals surface area contributed by atoms with Crippen molar-refractivity contribution in [1.29, 1.82) is 0 Å². The minimum atomic E-state index is -0.196. The molecule has 0 aliphatic carbocycles. The molecule has 3 heteroatoms. The molecule has 0 spiro atoms. The van der Waals surface area contributed by atoms with Crippen molar-refractivity contribution in [1.82, 2.24) is 4.98 Å². The Morgan fingerprint density at radius 3 is 3.12 bits per heavy atom. The van der Waals surface area contributed by atoms with Crippen molar-refractivity contribution in [2.24, 2.45) is 0 Å². The molecule has 0 aliphatic heterocycles. The highest BCUT2D eigenvalue weighted by Crippen LogP contribution is 2.21. The Balaban J connectivity index is 2.09. The zero-order valence-electron chi connectivity index (χ0n) is 9.29. The van der Waals surface area contributed by atoms with Crippen LogP contribution in [0, 0.1) is 12.2 Å². The van der Waals surface area contributed by atoms with E-state index in [1.165, 1.54) is 6.07 Å². The lowest BCUT2D eigenvalue weighted by Gasteiger charge is -1.99. The van der Waals surface area contributed by atoms with Gasteiger partial charge in [-0.25, -0.2) is 4.39 Å². The highest BCUT2D eigenvalue weighted by atomic mass is 19.1. The van der Waals surface area contributed by atoms with Gasteiger partial charge < -0.3 is 9.72 Å². The molecule has 2 rings (SSSR count). The number of aromatic amines is 1. The number of rotatable bonds is 5. The van der Waals surface area contributed by atoms with Gasteiger partial charge in [-0.15, -0.1) is 0 Å². The number of nitrogens with one attached hydrogen (secondary N) is 1. The zero-order chi connectivity index (χ0) is 11.4. The lowest BCUT2D eigenvalue weighted by Crippen LogP contribution is -1.89. The molecule has 0 bridgehead atoms. The molecule has 0 amide bonds. The molecule has 0 unspecified atom stereocenters. The molecule has 1 radical (unpaired) electrons. The van der Waals surface area contributed by atoms with E-state index in [-0.39, 0.29) is 5.82 Å². The van der Waals surface area contributed by atoms with Gasteiger partial charge in [0.2, 0.25) is 0 Å². The molecule has 1 aromatic heterocycles. The summed E-state index contributed by atoms with van der Waals surface area (Å²) < 4.78 is 18.1. The fraction of sp³-hybridized carbons (Fsp3) is 0.308. The van der Waals surface area contributed by atoms with Crippen LogP contribution in [-0.4, -0.2) is 18.7 Å². The van der Waals surface area contributed by atoms with Crippen LogP contribution in [0.15, 0.2) is 24.4 Å². The second kappa shape index (κ2) is 5.12. The van der Waals surface area contributed by atoms with Crippen LogP contribution in [0.2, 0.25) is 0 Å². The van der Waals surface area contributed by atoms with Crippen LogP contribution < -0.4 is 0 Å². The van der Waals surface area contributed by atoms with Gasteiger partial charge in [0.1, 0.15) is 5.82 Å². The molecule has 16 heavy (non-hydrogen) atoms. The van der Waals surface area contributed by atoms with E-state index >= 15 is 0 Å². The largest absolute Gasteiger partial charge is 0.385 e. The van der Waals surface area contributed by atoms with Gasteiger partial charge in [-0.1, -0.05) is 0 Å². The van der Waals surface area contributed by atoms with E-state index in [4.69, 9.17) is 4.74 Å². The molecule has 0 aliphatic rings. The number of hydrogen-bond acceptors (Lipinski definition) is 1. The van der Waals surface area contributed by atoms with Gasteiger partial charge >= 0.3 is 0 Å². The summed E-state index contributed by atoms with van der Waals surface area (Å²) >= 11 is 0. The summed E-state index contributed by atoms with van der Waals surface area (Å²) in [6.45, 7) is 0.757. The van der Waals surface area contributed by atoms with Crippen molar-refractivity contribution in [3.05, 3.63) is 42.2 Å². The van der Waals surface area contributed by atoms with Gasteiger partial charge in [-0.05, 0) is 43.0 Å². The molecule has 2 aromatic rings. The maximum Gasteiger partial charge on any atom is 0.123 e. The van der Waals surface area contributed by atoms with Crippen molar-refractivity contribution in [2.75, 3.05) is 13.7 Å². The van der Waals surface area contributed by atoms with E-state index < -0.39 is 0 Å². The van der Waals surface area contributed by atoms with Crippen LogP contribution in [0.5, 0.6) is 0 Å². The van der Waals surface area contributed by atoms with Crippen LogP contribution in [0.3, 0.4) is 0 Å². The number of unbranched alkanes of at least 4 members (excludes halogenated alkanes) is 1. The molecule has 1 heterocycles. The van der Waals surface area contributed by atoms with Crippen molar-refractivity contribution >= 4 is 10.9 Å². The molecule has 1 N–H and O–H groups in total. The fourth-order valence-corrected chi connectivity index (χ4v) is 1.77. The van der Waals surface area contributed by atoms with Crippen molar-refractivity contribution in [2.45, 2.75) is 12.8 Å². The third-order valence-electron chi connectivity index (χ3n) is 2.59. The van der Waals surface area contributed by atoms with E-state index in [1.54, 1.807) is 19.2 Å². The second-order valence-electron chi connectivity index (χ2n) is 3.77. The third-order valence-corrected chi connectivity index (χ3v) is 2.59. The maximum atomic E-state index is 13.1. The second-order valence-corrected chi connectivity index (χ2v) is 3.77. The first kappa shape index (κ1) is 11.1. The average Bonchev–Trinajstić information content (AvgIpc) is 2.67. The lowest BCUT2D eigenvalue weighted by molar-refractivity contribution is 0.195. The quantitative estimate of drug-likeness (QED) is 0.768. The molecule has 0 saturated heterocycles. The molecule has 0 fully saturated rings. The standard InChI is InChI=1S/C13H15FNO/c1-16-7-3-2-4-10-9-15-13-6-5-11(14)8-12(10)13/h4-6,8-9,15H,2-3,7H2,1H3. The SMILES string of the molecule is COCCC[CH]c1c[nH]c2ccc(F)cc12. The first-order valence-electron chi connectivity index (χ1n) is 5.40. The molecule has 1 aromatic carbocycles. The van der Waals surface area contributed by atoms with E-state index in [0.717, 1.165) is 35.9 Å². The van der Waals surface area contributed by atoms with Gasteiger partial charge in [0.15, 0.2) is 0 Å². The number of hydrogen-bond donors (Lipinski definition) is 1. The Hall–Kier alpha value is -1.35. The van der Waals surface area contributed by atoms with E-state index in [1.807, 2.05) is 6.20 Å². The summed E-state index contributed by atoms with van der Waals surface area (Å²) in [5, 5.41) is 0.942. The maximum absolute atomic E-state index is 13.1. The van der Waals surface area contributed by atoms with Crippen LogP contribution in [0.1, 0.15) is 18.4 Å². The smallest absolute Gasteiger partial charge is 0.123 e. The van der Waals surface area contributed by atoms with E-state index in [9.17, 15) is 4.39 Å². The minimum absolute atomic E-state index is 0.196. The summed E-state index contributed by atoms with van der Waals surface area (Å²) in [4.78, 5) is 3.13. The van der Waals surface area contributed by atoms with Crippen LogP contribution in [0.25, 0.3) is 10.9 Å². The lowest BCUT2D eigenvalue weighted by atomic mass is 10.1. The first-order chi connectivity index (χ1) is 7.81. The molecule has 2 nitrogen and oxygen atoms in total. The van der Waals surface area contributed by atoms with Gasteiger partial charge in [0.05, 0.1) is 0 Å². The predicted octanol–water partition coefficient (Wildman–Crippen LogP) is 3.29. The van der Waals surface area contributed by atoms with Gasteiger partial charge in [-0.2, -0.15) is 0 Å². The molecule has 0 atom stereocenters. The topological polar surface area (TPSA) is 25.0 Å². The summed E-state index contributed by atoms with van der Waals surface area (Å²) in [6, 6.07) is 4.79. The first-order valence-corrected chi connectivity index (χ1v) is 5.40. The van der Waals surface area contributed by atoms with Gasteiger partial charge in [-0.3, -0.25) is 0 Å². The summed E-state index contributed by atoms with van der Waals surface area (Å²) in [5.74, 6) is -0.196. The van der Waals surface area contributed by atoms with Crippen molar-refractivity contribution < 1.29 is 9.13 Å². The highest BCUT2D eigenvalue weighted by molar-refractivity contribution is 5.84. The van der Waals surface area contributed by atoms with E-state index in [0.29, 0.717) is 0 Å². The Labute approximate surface area is 94.4 Å². The highest BCUT2D eigenvalue weighted by Gasteiger charge is 2.04. The minimum Gasteiger partial charge on any atom is -0.385 e. The fourth-order valence-electron chi connectivity index (χ4n) is 1.77. The number of halogens is 1. The Kier molecular flexibility index (Phi) is 3.57. The van der Waals surface area contributed by atoms with Crippen molar-refractivity contribution in [3.8, 4) is 0 Å². The van der Waals surface area contributed by atoms with Crippen LogP contribution in [-0.2, 0) is 4.74 Å². The summed E-state index contributed by atoms with van der Waals surface area (Å²) in [6.07, 6.45) is 5.95. The predicted molar refractivity (Wildman–Crippen MR) is 62.8 cm³/mol. The average molecular weight is 220 g/mol. The number of H-pyrrole nitrogens is 1. The zero-order valence-corrected chi connectivity index (χ0v) is 9.29. The number of aromatic nitrogens is 1. The van der Waals surface area contributed by atoms with Crippen molar-refractivity contribution in [3.63, 3.8) is 0 Å². The molecule has 85 valence electrons. The van der Waals surface area contributed by atoms with Crippen LogP contribution >= 0.6 is 0 Å². The Morgan fingerprint density at radius 1 is 1.44 bits per heavy atom. The summed E-state index contributed by atoms with van der Waals surface area (Å²) in [5.41, 5.74) is 2.03. The van der Waals surface area contributed by atoms with Gasteiger partial charge in [0, 0.05) is 30.8 Å². The molecular weight excluding hydrogens is 205 g/mol. The third kappa shape index (κ3) is 2.42. The number of fused-ring (bicyclic) bond motifs is 1. The summed E-state index contributed by atoms with van der Waals surface area (Å²) in [7, 11) is 1.70. The Bertz CT molecular complexity index is 464. The normalized spacial score (nSPS) is 11.1. The molecule has 0 saturated carbocycles. The molecular formula is C13H15FNO. The van der Waals surface area contributed by atoms with Gasteiger partial charge in [0.25, 0.3) is 0 Å².